The maximum atomic E-state index is 12.9. The van der Waals surface area contributed by atoms with E-state index in [2.05, 4.69) is 5.43 Å². The molecule has 2 heterocycles. The summed E-state index contributed by atoms with van der Waals surface area (Å²) in [6.45, 7) is 0.569. The summed E-state index contributed by atoms with van der Waals surface area (Å²) in [5.41, 5.74) is 5.11. The minimum atomic E-state index is -3.01. The molecular weight excluding hydrogens is 374 g/mol. The van der Waals surface area contributed by atoms with Crippen molar-refractivity contribution in [1.82, 2.24) is 20.8 Å². The summed E-state index contributed by atoms with van der Waals surface area (Å²) in [7, 11) is 0. The Morgan fingerprint density at radius 1 is 1.14 bits per heavy atom. The van der Waals surface area contributed by atoms with Crippen molar-refractivity contribution in [2.45, 2.75) is 43.9 Å². The number of benzene rings is 1. The van der Waals surface area contributed by atoms with E-state index in [1.54, 1.807) is 0 Å². The number of nitrogens with one attached hydrogen (secondary N) is 2. The van der Waals surface area contributed by atoms with Crippen molar-refractivity contribution < 1.29 is 28.0 Å². The molecule has 10 heteroatoms. The van der Waals surface area contributed by atoms with Gasteiger partial charge in [0.05, 0.1) is 6.04 Å². The summed E-state index contributed by atoms with van der Waals surface area (Å²) in [4.78, 5) is 43.6. The van der Waals surface area contributed by atoms with Crippen molar-refractivity contribution in [2.75, 3.05) is 6.54 Å². The second-order valence-electron chi connectivity index (χ2n) is 7.26. The van der Waals surface area contributed by atoms with Crippen molar-refractivity contribution in [3.05, 3.63) is 35.9 Å². The van der Waals surface area contributed by atoms with Crippen LogP contribution in [-0.4, -0.2) is 52.4 Å². The summed E-state index contributed by atoms with van der Waals surface area (Å²) < 4.78 is 25.8. The first-order valence-electron chi connectivity index (χ1n) is 9.11. The van der Waals surface area contributed by atoms with Crippen LogP contribution in [-0.2, 0) is 21.0 Å². The number of amides is 4. The molecule has 3 aliphatic rings. The first-order valence-corrected chi connectivity index (χ1v) is 9.11. The van der Waals surface area contributed by atoms with E-state index in [0.717, 1.165) is 5.56 Å². The molecule has 1 aromatic carbocycles. The molecule has 2 aliphatic heterocycles. The molecule has 1 unspecified atom stereocenters. The number of fused-ring (bicyclic) bond motifs is 2. The average molecular weight is 394 g/mol. The quantitative estimate of drug-likeness (QED) is 0.734. The summed E-state index contributed by atoms with van der Waals surface area (Å²) in [5.74, 6) is -5.94. The van der Waals surface area contributed by atoms with Gasteiger partial charge in [-0.3, -0.25) is 25.3 Å². The van der Waals surface area contributed by atoms with Gasteiger partial charge in [-0.15, -0.1) is 0 Å². The molecule has 1 aliphatic carbocycles. The molecule has 0 spiro atoms. The second-order valence-corrected chi connectivity index (χ2v) is 7.26. The van der Waals surface area contributed by atoms with Gasteiger partial charge in [-0.05, 0) is 18.4 Å². The van der Waals surface area contributed by atoms with Gasteiger partial charge in [0.1, 0.15) is 18.6 Å². The fraction of sp³-hybridized carbons (Fsp3) is 0.500. The number of carbonyl (C=O) groups excluding carboxylic acids is 3. The highest BCUT2D eigenvalue weighted by Gasteiger charge is 2.61. The highest BCUT2D eigenvalue weighted by molar-refractivity contribution is 5.91. The lowest BCUT2D eigenvalue weighted by atomic mass is 10.0. The van der Waals surface area contributed by atoms with E-state index in [1.807, 2.05) is 35.8 Å². The minimum Gasteiger partial charge on any atom is -0.309 e. The van der Waals surface area contributed by atoms with Crippen molar-refractivity contribution in [2.24, 2.45) is 5.92 Å². The van der Waals surface area contributed by atoms with Crippen LogP contribution in [0.4, 0.5) is 13.6 Å². The van der Waals surface area contributed by atoms with Crippen LogP contribution >= 0.6 is 0 Å². The number of hydroxylamine groups is 2. The smallest absolute Gasteiger partial charge is 0.309 e. The third-order valence-corrected chi connectivity index (χ3v) is 5.29. The molecule has 150 valence electrons. The maximum Gasteiger partial charge on any atom is 0.345 e. The molecule has 2 bridgehead atoms. The van der Waals surface area contributed by atoms with Crippen LogP contribution in [0.5, 0.6) is 0 Å². The van der Waals surface area contributed by atoms with E-state index in [1.165, 1.54) is 9.96 Å². The van der Waals surface area contributed by atoms with Gasteiger partial charge in [-0.2, -0.15) is 5.06 Å². The molecule has 0 radical (unpaired) electrons. The number of halogens is 2. The lowest BCUT2D eigenvalue weighted by Gasteiger charge is -2.29. The molecule has 0 aromatic heterocycles. The number of nitrogens with zero attached hydrogens (tertiary/aromatic N) is 2. The SMILES string of the molecule is O=C(NNC(=O)[C@@H]1CC[C@@H]2CN1C(=O)N2OCc1ccccc1)C1CC1(F)F. The Morgan fingerprint density at radius 2 is 1.82 bits per heavy atom. The van der Waals surface area contributed by atoms with Crippen LogP contribution in [0.25, 0.3) is 0 Å². The Balaban J connectivity index is 1.31. The van der Waals surface area contributed by atoms with Gasteiger partial charge in [0.15, 0.2) is 0 Å². The monoisotopic (exact) mass is 394 g/mol. The Labute approximate surface area is 159 Å². The van der Waals surface area contributed by atoms with Crippen LogP contribution in [0.3, 0.4) is 0 Å². The number of hydrogen-bond donors (Lipinski definition) is 2. The standard InChI is InChI=1S/C18H20F2N4O4/c19-18(20)8-13(18)15(25)21-22-16(26)14-7-6-12-9-23(14)17(27)24(12)28-10-11-4-2-1-3-5-11/h1-5,12-14H,6-10H2,(H,21,25)(H,22,26)/t12-,13?,14+/m1/s1. The number of rotatable bonds is 5. The zero-order chi connectivity index (χ0) is 19.9. The van der Waals surface area contributed by atoms with Crippen LogP contribution < -0.4 is 10.9 Å². The van der Waals surface area contributed by atoms with Gasteiger partial charge in [0, 0.05) is 13.0 Å². The predicted molar refractivity (Wildman–Crippen MR) is 91.3 cm³/mol. The second kappa shape index (κ2) is 7.01. The molecular formula is C18H20F2N4O4. The Hall–Kier alpha value is -2.75. The summed E-state index contributed by atoms with van der Waals surface area (Å²) in [6, 6.07) is 8.05. The molecule has 4 rings (SSSR count). The molecule has 4 amide bonds. The number of hydrazine groups is 1. The number of hydrogen-bond acceptors (Lipinski definition) is 4. The number of alkyl halides is 2. The van der Waals surface area contributed by atoms with Crippen molar-refractivity contribution in [3.8, 4) is 0 Å². The van der Waals surface area contributed by atoms with Crippen molar-refractivity contribution in [3.63, 3.8) is 0 Å². The Morgan fingerprint density at radius 3 is 2.50 bits per heavy atom. The highest BCUT2D eigenvalue weighted by Crippen LogP contribution is 2.48. The normalized spacial score (nSPS) is 27.5. The molecule has 1 saturated carbocycles. The zero-order valence-electron chi connectivity index (χ0n) is 14.9. The number of piperidine rings is 1. The lowest BCUT2D eigenvalue weighted by molar-refractivity contribution is -0.140. The number of carbonyl (C=O) groups is 3. The topological polar surface area (TPSA) is 91.0 Å². The average Bonchev–Trinajstić information content (AvgIpc) is 3.27. The predicted octanol–water partition coefficient (Wildman–Crippen LogP) is 1.19. The Kier molecular flexibility index (Phi) is 4.66. The Bertz CT molecular complexity index is 791. The summed E-state index contributed by atoms with van der Waals surface area (Å²) in [6.07, 6.45) is 0.435. The molecule has 3 atom stereocenters. The van der Waals surface area contributed by atoms with E-state index in [0.29, 0.717) is 19.4 Å². The largest absolute Gasteiger partial charge is 0.345 e. The third-order valence-electron chi connectivity index (χ3n) is 5.29. The molecule has 2 saturated heterocycles. The summed E-state index contributed by atoms with van der Waals surface area (Å²) >= 11 is 0. The van der Waals surface area contributed by atoms with Crippen molar-refractivity contribution >= 4 is 17.8 Å². The van der Waals surface area contributed by atoms with Crippen LogP contribution in [0, 0.1) is 5.92 Å². The minimum absolute atomic E-state index is 0.153. The highest BCUT2D eigenvalue weighted by atomic mass is 19.3. The van der Waals surface area contributed by atoms with E-state index in [4.69, 9.17) is 4.84 Å². The van der Waals surface area contributed by atoms with Crippen LogP contribution in [0.1, 0.15) is 24.8 Å². The van der Waals surface area contributed by atoms with E-state index >= 15 is 0 Å². The van der Waals surface area contributed by atoms with E-state index < -0.39 is 42.1 Å². The molecule has 2 N–H and O–H groups in total. The fourth-order valence-corrected chi connectivity index (χ4v) is 3.58. The molecule has 3 fully saturated rings. The van der Waals surface area contributed by atoms with Gasteiger partial charge < -0.3 is 4.90 Å². The third kappa shape index (κ3) is 3.51. The van der Waals surface area contributed by atoms with E-state index in [9.17, 15) is 23.2 Å². The zero-order valence-corrected chi connectivity index (χ0v) is 14.9. The first-order chi connectivity index (χ1) is 13.4. The van der Waals surface area contributed by atoms with Gasteiger partial charge in [-0.25, -0.2) is 13.6 Å². The van der Waals surface area contributed by atoms with Crippen LogP contribution in [0.15, 0.2) is 30.3 Å². The van der Waals surface area contributed by atoms with Gasteiger partial charge in [-0.1, -0.05) is 30.3 Å². The molecule has 28 heavy (non-hydrogen) atoms. The number of urea groups is 1. The van der Waals surface area contributed by atoms with Gasteiger partial charge in [0.25, 0.3) is 11.8 Å². The van der Waals surface area contributed by atoms with E-state index in [-0.39, 0.29) is 12.6 Å². The first kappa shape index (κ1) is 18.6. The van der Waals surface area contributed by atoms with Crippen molar-refractivity contribution in [1.29, 1.82) is 0 Å². The van der Waals surface area contributed by atoms with Gasteiger partial charge >= 0.3 is 6.03 Å². The fourth-order valence-electron chi connectivity index (χ4n) is 3.58. The maximum absolute atomic E-state index is 12.9. The van der Waals surface area contributed by atoms with Crippen LogP contribution in [0.2, 0.25) is 0 Å². The molecule has 1 aromatic rings. The van der Waals surface area contributed by atoms with Gasteiger partial charge in [0.2, 0.25) is 5.91 Å². The lowest BCUT2D eigenvalue weighted by Crippen LogP contribution is -2.54. The summed E-state index contributed by atoms with van der Waals surface area (Å²) in [5, 5.41) is 1.30. The molecule has 8 nitrogen and oxygen atoms in total.